The third-order valence-electron chi connectivity index (χ3n) is 3.60. The number of fused-ring (bicyclic) bond motifs is 1. The molecule has 0 unspecified atom stereocenters. The van der Waals surface area contributed by atoms with E-state index in [1.54, 1.807) is 29.9 Å². The minimum atomic E-state index is -0.0765. The van der Waals surface area contributed by atoms with Crippen molar-refractivity contribution in [1.82, 2.24) is 9.88 Å². The van der Waals surface area contributed by atoms with Crippen LogP contribution in [0.1, 0.15) is 25.1 Å². The fourth-order valence-electron chi connectivity index (χ4n) is 2.60. The zero-order valence-electron chi connectivity index (χ0n) is 14.9. The molecule has 1 aliphatic rings. The number of hydrogen-bond donors (Lipinski definition) is 2. The van der Waals surface area contributed by atoms with E-state index >= 15 is 0 Å². The number of benzene rings is 1. The average Bonchev–Trinajstić information content (AvgIpc) is 2.67. The summed E-state index contributed by atoms with van der Waals surface area (Å²) < 4.78 is 7.86. The lowest BCUT2D eigenvalue weighted by atomic mass is 10.1. The van der Waals surface area contributed by atoms with Gasteiger partial charge in [-0.05, 0) is 33.6 Å². The Kier molecular flexibility index (Phi) is 9.21. The molecule has 0 fully saturated rings. The number of aromatic nitrogens is 1. The topological polar surface area (TPSA) is 63.5 Å². The second kappa shape index (κ2) is 10.6. The zero-order chi connectivity index (χ0) is 19.0. The lowest BCUT2D eigenvalue weighted by Crippen LogP contribution is -2.31. The van der Waals surface area contributed by atoms with Gasteiger partial charge >= 0.3 is 0 Å². The molecule has 0 bridgehead atoms. The van der Waals surface area contributed by atoms with Crippen LogP contribution in [0.4, 0.5) is 0 Å². The summed E-state index contributed by atoms with van der Waals surface area (Å²) >= 11 is 9.58. The molecule has 2 N–H and O–H groups in total. The highest BCUT2D eigenvalue weighted by molar-refractivity contribution is 9.10. The summed E-state index contributed by atoms with van der Waals surface area (Å²) in [6, 6.07) is 7.01. The van der Waals surface area contributed by atoms with Crippen LogP contribution in [0.15, 0.2) is 33.5 Å². The van der Waals surface area contributed by atoms with E-state index < -0.39 is 0 Å². The minimum Gasteiger partial charge on any atom is -0.495 e. The van der Waals surface area contributed by atoms with Gasteiger partial charge in [0.15, 0.2) is 0 Å². The van der Waals surface area contributed by atoms with Crippen molar-refractivity contribution in [2.45, 2.75) is 26.8 Å². The Morgan fingerprint density at radius 3 is 2.60 bits per heavy atom. The molecule has 2 aromatic rings. The SMILES string of the molecule is CC.CO.COc1cc(Br)c(Cl)cc1-n1c2c(ccc1=O)CNCC2. The van der Waals surface area contributed by atoms with Crippen molar-refractivity contribution >= 4 is 27.5 Å². The second-order valence-electron chi connectivity index (χ2n) is 4.84. The van der Waals surface area contributed by atoms with Gasteiger partial charge in [-0.3, -0.25) is 9.36 Å². The smallest absolute Gasteiger partial charge is 0.255 e. The van der Waals surface area contributed by atoms with Crippen LogP contribution in [0.25, 0.3) is 5.69 Å². The average molecular weight is 432 g/mol. The summed E-state index contributed by atoms with van der Waals surface area (Å²) in [5, 5.41) is 10.9. The number of rotatable bonds is 2. The van der Waals surface area contributed by atoms with Crippen LogP contribution >= 0.6 is 27.5 Å². The van der Waals surface area contributed by atoms with Gasteiger partial charge in [-0.2, -0.15) is 0 Å². The Bertz CT molecular complexity index is 763. The first-order chi connectivity index (χ1) is 12.1. The van der Waals surface area contributed by atoms with Crippen LogP contribution in [-0.4, -0.2) is 30.4 Å². The number of methoxy groups -OCH3 is 1. The maximum Gasteiger partial charge on any atom is 0.255 e. The monoisotopic (exact) mass is 430 g/mol. The number of nitrogens with zero attached hydrogens (tertiary/aromatic N) is 1. The van der Waals surface area contributed by atoms with Crippen molar-refractivity contribution in [2.75, 3.05) is 20.8 Å². The molecular weight excluding hydrogens is 408 g/mol. The summed E-state index contributed by atoms with van der Waals surface area (Å²) in [5.74, 6) is 0.611. The largest absolute Gasteiger partial charge is 0.495 e. The molecule has 25 heavy (non-hydrogen) atoms. The van der Waals surface area contributed by atoms with Gasteiger partial charge in [0.1, 0.15) is 5.75 Å². The van der Waals surface area contributed by atoms with E-state index in [1.165, 1.54) is 0 Å². The Morgan fingerprint density at radius 1 is 1.28 bits per heavy atom. The molecule has 1 aromatic carbocycles. The predicted octanol–water partition coefficient (Wildman–Crippen LogP) is 3.54. The normalized spacial score (nSPS) is 12.1. The summed E-state index contributed by atoms with van der Waals surface area (Å²) in [6.07, 6.45) is 0.794. The van der Waals surface area contributed by atoms with Crippen LogP contribution in [0.3, 0.4) is 0 Å². The maximum absolute atomic E-state index is 12.4. The standard InChI is InChI=1S/C15H14BrClN2O2.C2H6.CH4O/c1-21-14-6-10(16)11(17)7-13(14)19-12-4-5-18-8-9(12)2-3-15(19)20;2*1-2/h2-3,6-7,18H,4-5,8H2,1H3;1-2H3;2H,1H3. The predicted molar refractivity (Wildman–Crippen MR) is 106 cm³/mol. The molecule has 7 heteroatoms. The van der Waals surface area contributed by atoms with Gasteiger partial charge in [0, 0.05) is 42.9 Å². The van der Waals surface area contributed by atoms with Crippen molar-refractivity contribution < 1.29 is 9.84 Å². The molecule has 3 rings (SSSR count). The molecule has 0 saturated carbocycles. The first-order valence-corrected chi connectivity index (χ1v) is 9.21. The van der Waals surface area contributed by atoms with Crippen LogP contribution in [0.2, 0.25) is 5.02 Å². The lowest BCUT2D eigenvalue weighted by molar-refractivity contribution is 0.399. The molecule has 5 nitrogen and oxygen atoms in total. The van der Waals surface area contributed by atoms with Gasteiger partial charge in [0.2, 0.25) is 0 Å². The van der Waals surface area contributed by atoms with Gasteiger partial charge in [-0.1, -0.05) is 31.5 Å². The number of aliphatic hydroxyl groups excluding tert-OH is 1. The zero-order valence-corrected chi connectivity index (χ0v) is 17.2. The van der Waals surface area contributed by atoms with Gasteiger partial charge in [-0.15, -0.1) is 0 Å². The molecule has 0 atom stereocenters. The maximum atomic E-state index is 12.4. The molecule has 0 saturated heterocycles. The number of nitrogens with one attached hydrogen (secondary N) is 1. The molecule has 0 amide bonds. The first-order valence-electron chi connectivity index (χ1n) is 8.04. The van der Waals surface area contributed by atoms with Gasteiger partial charge < -0.3 is 15.2 Å². The molecule has 0 radical (unpaired) electrons. The third kappa shape index (κ3) is 4.85. The van der Waals surface area contributed by atoms with Gasteiger partial charge in [-0.25, -0.2) is 0 Å². The molecule has 2 heterocycles. The summed E-state index contributed by atoms with van der Waals surface area (Å²) in [5.41, 5.74) is 2.74. The molecule has 0 spiro atoms. The van der Waals surface area contributed by atoms with E-state index in [1.807, 2.05) is 19.9 Å². The quantitative estimate of drug-likeness (QED) is 0.763. The fourth-order valence-corrected chi connectivity index (χ4v) is 3.08. The van der Waals surface area contributed by atoms with E-state index in [-0.39, 0.29) is 5.56 Å². The van der Waals surface area contributed by atoms with Crippen LogP contribution in [-0.2, 0) is 13.0 Å². The lowest BCUT2D eigenvalue weighted by Gasteiger charge is -2.23. The number of pyridine rings is 1. The van der Waals surface area contributed by atoms with Crippen LogP contribution < -0.4 is 15.6 Å². The van der Waals surface area contributed by atoms with E-state index in [4.69, 9.17) is 21.4 Å². The van der Waals surface area contributed by atoms with Crippen molar-refractivity contribution in [3.8, 4) is 11.4 Å². The highest BCUT2D eigenvalue weighted by Crippen LogP contribution is 2.33. The second-order valence-corrected chi connectivity index (χ2v) is 6.11. The Labute approximate surface area is 161 Å². The Morgan fingerprint density at radius 2 is 1.96 bits per heavy atom. The van der Waals surface area contributed by atoms with Gasteiger partial charge in [0.05, 0.1) is 17.8 Å². The van der Waals surface area contributed by atoms with Crippen molar-refractivity contribution in [3.05, 3.63) is 55.4 Å². The molecular formula is C18H24BrClN2O3. The molecule has 138 valence electrons. The minimum absolute atomic E-state index is 0.0765. The van der Waals surface area contributed by atoms with Crippen molar-refractivity contribution in [2.24, 2.45) is 0 Å². The number of aliphatic hydroxyl groups is 1. The van der Waals surface area contributed by atoms with E-state index in [0.717, 1.165) is 42.4 Å². The Hall–Kier alpha value is -1.34. The van der Waals surface area contributed by atoms with E-state index in [0.29, 0.717) is 16.5 Å². The Balaban J connectivity index is 0.000000730. The number of hydrogen-bond acceptors (Lipinski definition) is 4. The number of ether oxygens (including phenoxy) is 1. The summed E-state index contributed by atoms with van der Waals surface area (Å²) in [6.45, 7) is 5.62. The highest BCUT2D eigenvalue weighted by atomic mass is 79.9. The van der Waals surface area contributed by atoms with E-state index in [9.17, 15) is 4.79 Å². The van der Waals surface area contributed by atoms with Crippen LogP contribution in [0, 0.1) is 0 Å². The third-order valence-corrected chi connectivity index (χ3v) is 4.80. The summed E-state index contributed by atoms with van der Waals surface area (Å²) in [7, 11) is 2.58. The highest BCUT2D eigenvalue weighted by Gasteiger charge is 2.18. The van der Waals surface area contributed by atoms with Crippen molar-refractivity contribution in [3.63, 3.8) is 0 Å². The fraction of sp³-hybridized carbons (Fsp3) is 0.389. The molecule has 0 aliphatic carbocycles. The van der Waals surface area contributed by atoms with Gasteiger partial charge in [0.25, 0.3) is 5.56 Å². The summed E-state index contributed by atoms with van der Waals surface area (Å²) in [4.78, 5) is 12.4. The molecule has 1 aliphatic heterocycles. The first kappa shape index (κ1) is 21.7. The van der Waals surface area contributed by atoms with Crippen LogP contribution in [0.5, 0.6) is 5.75 Å². The van der Waals surface area contributed by atoms with Crippen molar-refractivity contribution in [1.29, 1.82) is 0 Å². The molecule has 1 aromatic heterocycles. The van der Waals surface area contributed by atoms with E-state index in [2.05, 4.69) is 21.2 Å². The number of halogens is 2.